The molecule has 0 bridgehead atoms. The molecule has 0 atom stereocenters. The van der Waals surface area contributed by atoms with Crippen LogP contribution in [0.15, 0.2) is 0 Å². The molecular weight excluding hydrogens is 1060 g/mol. The number of carbonyl (C=O) groups is 4. The fraction of sp³-hybridized carbons (Fsp3) is 0.944. The van der Waals surface area contributed by atoms with Gasteiger partial charge in [-0.05, 0) is 51.4 Å². The Morgan fingerprint density at radius 3 is 0.325 bits per heavy atom. The third-order valence-electron chi connectivity index (χ3n) is 15.9. The number of rotatable bonds is 64. The van der Waals surface area contributed by atoms with Crippen LogP contribution in [0.1, 0.15) is 439 Å². The second-order valence-corrected chi connectivity index (χ2v) is 24.3. The summed E-state index contributed by atoms with van der Waals surface area (Å²) in [5, 5.41) is 40.9. The van der Waals surface area contributed by atoms with E-state index < -0.39 is 23.9 Å². The SMILES string of the molecule is CCCCCCCCCCCCCCCCCC(=O)[O-].CCCCCCCCCCCCCCCCCC(=O)[O-].CCCCCCCCCCCCCCCCCC(=O)[O-].CCCCCCCCCCCCCCCCCC(=O)[O-].O=[Si+2].[Mg+2]. The number of unbranched alkanes of at least 4 members (excludes halogenated alkanes) is 56. The molecule has 0 heterocycles. The van der Waals surface area contributed by atoms with Gasteiger partial charge in [0, 0.05) is 23.9 Å². The van der Waals surface area contributed by atoms with Crippen LogP contribution < -0.4 is 20.4 Å². The third kappa shape index (κ3) is 112. The molecule has 83 heavy (non-hydrogen) atoms. The van der Waals surface area contributed by atoms with Gasteiger partial charge in [0.25, 0.3) is 0 Å². The summed E-state index contributed by atoms with van der Waals surface area (Å²) in [4.78, 5) is 40.9. The summed E-state index contributed by atoms with van der Waals surface area (Å²) < 4.78 is 8.06. The molecule has 488 valence electrons. The van der Waals surface area contributed by atoms with Gasteiger partial charge in [0.15, 0.2) is 0 Å². The van der Waals surface area contributed by atoms with E-state index in [-0.39, 0.29) is 48.7 Å². The summed E-state index contributed by atoms with van der Waals surface area (Å²) in [5.74, 6) is -3.61. The van der Waals surface area contributed by atoms with E-state index in [1.165, 1.54) is 334 Å². The number of hydrogen-bond donors (Lipinski definition) is 0. The van der Waals surface area contributed by atoms with Crippen LogP contribution in [0, 0.1) is 0 Å². The molecule has 0 N–H and O–H groups in total. The van der Waals surface area contributed by atoms with Crippen molar-refractivity contribution in [3.63, 3.8) is 0 Å². The van der Waals surface area contributed by atoms with Gasteiger partial charge in [0.1, 0.15) is 0 Å². The topological polar surface area (TPSA) is 178 Å². The van der Waals surface area contributed by atoms with E-state index in [4.69, 9.17) is 4.46 Å². The van der Waals surface area contributed by atoms with Gasteiger partial charge in [0.05, 0.1) is 0 Å². The molecule has 0 saturated heterocycles. The van der Waals surface area contributed by atoms with Crippen LogP contribution in [0.4, 0.5) is 0 Å². The maximum absolute atomic E-state index is 10.2. The minimum atomic E-state index is -0.903. The van der Waals surface area contributed by atoms with E-state index in [9.17, 15) is 39.6 Å². The Balaban J connectivity index is -0.000000235. The fourth-order valence-corrected chi connectivity index (χ4v) is 10.6. The quantitative estimate of drug-likeness (QED) is 0.0423. The molecule has 0 fully saturated rings. The predicted molar refractivity (Wildman–Crippen MR) is 350 cm³/mol. The van der Waals surface area contributed by atoms with Crippen molar-refractivity contribution in [2.75, 3.05) is 0 Å². The third-order valence-corrected chi connectivity index (χ3v) is 15.9. The monoisotopic (exact) mass is 1200 g/mol. The zero-order chi connectivity index (χ0) is 61.6. The van der Waals surface area contributed by atoms with E-state index in [0.717, 1.165) is 51.4 Å². The first-order valence-corrected chi connectivity index (χ1v) is 36.5. The summed E-state index contributed by atoms with van der Waals surface area (Å²) in [5.41, 5.74) is 0. The Morgan fingerprint density at radius 2 is 0.253 bits per heavy atom. The maximum atomic E-state index is 10.2. The molecular formula is C72H140MgO9Si. The summed E-state index contributed by atoms with van der Waals surface area (Å²) in [6.45, 7) is 9.07. The normalized spacial score (nSPS) is 10.5. The Hall–Kier alpha value is -1.34. The molecule has 0 aliphatic heterocycles. The van der Waals surface area contributed by atoms with Gasteiger partial charge in [-0.15, -0.1) is 0 Å². The minimum absolute atomic E-state index is 0. The Bertz CT molecular complexity index is 1020. The van der Waals surface area contributed by atoms with Gasteiger partial charge in [-0.1, -0.05) is 387 Å². The molecule has 0 spiro atoms. The van der Waals surface area contributed by atoms with E-state index >= 15 is 0 Å². The predicted octanol–water partition coefficient (Wildman–Crippen LogP) is 19.1. The second kappa shape index (κ2) is 91.8. The van der Waals surface area contributed by atoms with Gasteiger partial charge in [0.2, 0.25) is 0 Å². The van der Waals surface area contributed by atoms with Crippen LogP contribution in [-0.4, -0.2) is 57.1 Å². The Morgan fingerprint density at radius 1 is 0.181 bits per heavy atom. The van der Waals surface area contributed by atoms with Gasteiger partial charge < -0.3 is 39.6 Å². The van der Waals surface area contributed by atoms with Crippen LogP contribution >= 0.6 is 0 Å². The molecule has 9 nitrogen and oxygen atoms in total. The number of aliphatic carboxylic acids is 4. The van der Waals surface area contributed by atoms with Crippen LogP contribution in [0.2, 0.25) is 0 Å². The van der Waals surface area contributed by atoms with Crippen LogP contribution in [-0.2, 0) is 23.6 Å². The first-order valence-electron chi connectivity index (χ1n) is 36.1. The minimum Gasteiger partial charge on any atom is 2.00 e. The Labute approximate surface area is 536 Å². The molecule has 0 unspecified atom stereocenters. The largest absolute Gasteiger partial charge is 2.00 e. The average molecular weight is 1200 g/mol. The van der Waals surface area contributed by atoms with Gasteiger partial charge in [-0.3, -0.25) is 0 Å². The van der Waals surface area contributed by atoms with E-state index in [1.807, 2.05) is 0 Å². The van der Waals surface area contributed by atoms with Crippen LogP contribution in [0.5, 0.6) is 0 Å². The first-order chi connectivity index (χ1) is 40.1. The summed E-state index contributed by atoms with van der Waals surface area (Å²) in [6, 6.07) is 0. The zero-order valence-electron chi connectivity index (χ0n) is 56.1. The molecule has 0 radical (unpaired) electrons. The first kappa shape index (κ1) is 92.8. The van der Waals surface area contributed by atoms with Crippen molar-refractivity contribution in [1.82, 2.24) is 0 Å². The summed E-state index contributed by atoms with van der Waals surface area (Å²) in [6.07, 6.45) is 79.4. The smallest absolute Gasteiger partial charge is 2.00 e. The van der Waals surface area contributed by atoms with Crippen molar-refractivity contribution in [3.8, 4) is 0 Å². The zero-order valence-corrected chi connectivity index (χ0v) is 58.6. The van der Waals surface area contributed by atoms with E-state index in [2.05, 4.69) is 27.7 Å². The molecule has 0 aromatic heterocycles. The maximum Gasteiger partial charge on any atom is 2.00 e. The number of hydrogen-bond acceptors (Lipinski definition) is 9. The van der Waals surface area contributed by atoms with Crippen molar-refractivity contribution < 1.29 is 44.1 Å². The summed E-state index contributed by atoms with van der Waals surface area (Å²) in [7, 11) is 1.72. The molecule has 11 heteroatoms. The van der Waals surface area contributed by atoms with Crippen molar-refractivity contribution in [2.45, 2.75) is 439 Å². The van der Waals surface area contributed by atoms with E-state index in [0.29, 0.717) is 0 Å². The van der Waals surface area contributed by atoms with Crippen molar-refractivity contribution in [3.05, 3.63) is 0 Å². The average Bonchev–Trinajstić information content (AvgIpc) is 3.45. The molecule has 0 amide bonds. The molecule has 0 saturated carbocycles. The van der Waals surface area contributed by atoms with Gasteiger partial charge in [-0.25, -0.2) is 0 Å². The van der Waals surface area contributed by atoms with Crippen LogP contribution in [0.3, 0.4) is 0 Å². The molecule has 0 rings (SSSR count). The second-order valence-electron chi connectivity index (χ2n) is 24.3. The van der Waals surface area contributed by atoms with Crippen molar-refractivity contribution in [1.29, 1.82) is 0 Å². The molecule has 0 aromatic carbocycles. The van der Waals surface area contributed by atoms with Crippen molar-refractivity contribution in [2.24, 2.45) is 0 Å². The standard InChI is InChI=1S/4C18H36O2.Mg.OSi/c4*1-2-3-4-5-6-7-8-9-10-11-12-13-14-15-16-17-18(19)20;;1-2/h4*2-17H2,1H3,(H,19,20);;/q;;;;2*+2/p-4. The summed E-state index contributed by atoms with van der Waals surface area (Å²) >= 11 is 0. The molecule has 0 aliphatic carbocycles. The molecule has 0 aromatic rings. The number of carboxylic acid groups (broad SMARTS) is 4. The van der Waals surface area contributed by atoms with Gasteiger partial charge in [-0.2, -0.15) is 0 Å². The molecule has 0 aliphatic rings. The number of carbonyl (C=O) groups excluding carboxylic acids is 4. The van der Waals surface area contributed by atoms with Crippen molar-refractivity contribution >= 4 is 57.1 Å². The van der Waals surface area contributed by atoms with Gasteiger partial charge >= 0.3 is 37.6 Å². The van der Waals surface area contributed by atoms with Crippen LogP contribution in [0.25, 0.3) is 0 Å². The van der Waals surface area contributed by atoms with E-state index in [1.54, 1.807) is 10.1 Å². The fourth-order valence-electron chi connectivity index (χ4n) is 10.6. The Kier molecular flexibility index (Phi) is 103. The number of carboxylic acids is 4.